The Balaban J connectivity index is 1.51. The molecule has 5 atom stereocenters. The molecule has 18 nitrogen and oxygen atoms in total. The average molecular weight is 578 g/mol. The van der Waals surface area contributed by atoms with Gasteiger partial charge in [-0.1, -0.05) is 29.5 Å². The molecule has 4 rings (SSSR count). The number of hydrogen-bond acceptors (Lipinski definition) is 13. The molecule has 3 heterocycles. The fourth-order valence-electron chi connectivity index (χ4n) is 4.06. The van der Waals surface area contributed by atoms with Gasteiger partial charge in [0.15, 0.2) is 24.6 Å². The number of nitrogens with zero attached hydrogens (tertiary/aromatic N) is 4. The minimum Gasteiger partial charge on any atom is -0.450 e. The number of ether oxygens (including phenoxy) is 6. The highest BCUT2D eigenvalue weighted by atomic mass is 16.8. The largest absolute Gasteiger partial charge is 0.506 e. The summed E-state index contributed by atoms with van der Waals surface area (Å²) >= 11 is 0. The van der Waals surface area contributed by atoms with Crippen LogP contribution in [0, 0.1) is 0 Å². The molecular formula is C23H22N4O14. The fraction of sp³-hybridized carbons (Fsp3) is 0.348. The molecule has 2 aromatic heterocycles. The number of aromatic nitrogens is 4. The number of pyridine rings is 1. The van der Waals surface area contributed by atoms with Crippen molar-refractivity contribution in [2.75, 3.05) is 6.61 Å². The first kappa shape index (κ1) is 28.8. The summed E-state index contributed by atoms with van der Waals surface area (Å²) in [5, 5.41) is 45.3. The zero-order valence-electron chi connectivity index (χ0n) is 20.7. The number of carboxylic acid groups (broad SMARTS) is 4. The van der Waals surface area contributed by atoms with Crippen LogP contribution in [0.2, 0.25) is 0 Å². The van der Waals surface area contributed by atoms with E-state index < -0.39 is 61.9 Å². The SMILES string of the molecule is O=C(O)OC[C@H]1O[C@@H](OCc2cn(Cc3ccc4ccccc4n3)nn2)[C@H](OC(=O)O)[C@@H](OC(=O)O)[C@H]1OC(=O)O. The van der Waals surface area contributed by atoms with Crippen molar-refractivity contribution in [2.24, 2.45) is 0 Å². The highest BCUT2D eigenvalue weighted by Gasteiger charge is 2.54. The first-order valence-electron chi connectivity index (χ1n) is 11.6. The van der Waals surface area contributed by atoms with Gasteiger partial charge in [-0.05, 0) is 12.1 Å². The Bertz CT molecular complexity index is 1410. The summed E-state index contributed by atoms with van der Waals surface area (Å²) in [6.07, 6.45) is -15.2. The molecular weight excluding hydrogens is 556 g/mol. The standard InChI is InChI=1S/C23H22N4O14/c28-20(29)37-10-15-16(39-21(30)31)17(40-22(32)33)18(41-23(34)35)19(38-15)36-9-13-8-27(26-25-13)7-12-6-5-11-3-1-2-4-14(11)24-12/h1-6,8,15-19H,7,9-10H2,(H,28,29)(H,30,31)(H,32,33)(H,34,35)/t15-,16+,17+,18-,19-/m1/s1. The minimum atomic E-state index is -1.98. The molecule has 1 saturated heterocycles. The van der Waals surface area contributed by atoms with Crippen molar-refractivity contribution in [1.29, 1.82) is 0 Å². The van der Waals surface area contributed by atoms with Gasteiger partial charge in [0.25, 0.3) is 0 Å². The zero-order chi connectivity index (χ0) is 29.5. The summed E-state index contributed by atoms with van der Waals surface area (Å²) in [5.74, 6) is 0. The molecule has 1 fully saturated rings. The minimum absolute atomic E-state index is 0.224. The van der Waals surface area contributed by atoms with E-state index in [0.717, 1.165) is 10.9 Å². The summed E-state index contributed by atoms with van der Waals surface area (Å²) in [5.41, 5.74) is 1.70. The van der Waals surface area contributed by atoms with Crippen molar-refractivity contribution >= 4 is 35.5 Å². The lowest BCUT2D eigenvalue weighted by molar-refractivity contribution is -0.305. The molecule has 218 valence electrons. The van der Waals surface area contributed by atoms with Gasteiger partial charge in [-0.15, -0.1) is 5.10 Å². The monoisotopic (exact) mass is 578 g/mol. The maximum absolute atomic E-state index is 11.4. The maximum atomic E-state index is 11.4. The Kier molecular flexibility index (Phi) is 8.95. The first-order valence-corrected chi connectivity index (χ1v) is 11.6. The third-order valence-electron chi connectivity index (χ3n) is 5.63. The van der Waals surface area contributed by atoms with E-state index in [1.165, 1.54) is 10.9 Å². The van der Waals surface area contributed by atoms with E-state index in [0.29, 0.717) is 5.69 Å². The van der Waals surface area contributed by atoms with E-state index in [9.17, 15) is 29.4 Å². The quantitative estimate of drug-likeness (QED) is 0.198. The topological polar surface area (TPSA) is 248 Å². The van der Waals surface area contributed by atoms with Crippen molar-refractivity contribution in [3.63, 3.8) is 0 Å². The van der Waals surface area contributed by atoms with Gasteiger partial charge >= 0.3 is 24.6 Å². The number of carbonyl (C=O) groups is 4. The molecule has 3 aromatic rings. The molecule has 0 unspecified atom stereocenters. The van der Waals surface area contributed by atoms with Gasteiger partial charge in [0.2, 0.25) is 0 Å². The number of hydrogen-bond donors (Lipinski definition) is 4. The fourth-order valence-corrected chi connectivity index (χ4v) is 4.06. The number of fused-ring (bicyclic) bond motifs is 1. The van der Waals surface area contributed by atoms with Gasteiger partial charge in [-0.3, -0.25) is 4.98 Å². The first-order chi connectivity index (χ1) is 19.6. The molecule has 1 aliphatic heterocycles. The number of para-hydroxylation sites is 1. The third kappa shape index (κ3) is 7.67. The summed E-state index contributed by atoms with van der Waals surface area (Å²) in [7, 11) is 0. The lowest BCUT2D eigenvalue weighted by Gasteiger charge is -2.42. The van der Waals surface area contributed by atoms with Crippen LogP contribution in [0.25, 0.3) is 10.9 Å². The second-order valence-corrected chi connectivity index (χ2v) is 8.38. The summed E-state index contributed by atoms with van der Waals surface area (Å²) in [4.78, 5) is 49.4. The van der Waals surface area contributed by atoms with E-state index in [1.807, 2.05) is 36.4 Å². The van der Waals surface area contributed by atoms with E-state index in [4.69, 9.17) is 24.4 Å². The molecule has 1 aromatic carbocycles. The molecule has 0 bridgehead atoms. The van der Waals surface area contributed by atoms with Crippen molar-refractivity contribution in [3.05, 3.63) is 54.0 Å². The Labute approximate surface area is 228 Å². The van der Waals surface area contributed by atoms with Crippen LogP contribution >= 0.6 is 0 Å². The van der Waals surface area contributed by atoms with Gasteiger partial charge < -0.3 is 48.8 Å². The van der Waals surface area contributed by atoms with Crippen LogP contribution < -0.4 is 0 Å². The molecule has 4 N–H and O–H groups in total. The molecule has 0 radical (unpaired) electrons. The Hall–Kier alpha value is -5.23. The van der Waals surface area contributed by atoms with Crippen LogP contribution in [-0.4, -0.2) is 102 Å². The van der Waals surface area contributed by atoms with Gasteiger partial charge in [-0.25, -0.2) is 23.9 Å². The smallest absolute Gasteiger partial charge is 0.450 e. The second kappa shape index (κ2) is 12.7. The van der Waals surface area contributed by atoms with Gasteiger partial charge in [0, 0.05) is 5.39 Å². The number of benzene rings is 1. The third-order valence-corrected chi connectivity index (χ3v) is 5.63. The average Bonchev–Trinajstić information content (AvgIpc) is 3.35. The second-order valence-electron chi connectivity index (χ2n) is 8.38. The molecule has 1 aliphatic rings. The highest BCUT2D eigenvalue weighted by Crippen LogP contribution is 2.30. The van der Waals surface area contributed by atoms with Crippen LogP contribution in [0.15, 0.2) is 42.6 Å². The highest BCUT2D eigenvalue weighted by molar-refractivity contribution is 5.78. The predicted molar refractivity (Wildman–Crippen MR) is 127 cm³/mol. The van der Waals surface area contributed by atoms with E-state index in [2.05, 4.69) is 29.5 Å². The summed E-state index contributed by atoms with van der Waals surface area (Å²) in [6, 6.07) is 11.3. The van der Waals surface area contributed by atoms with E-state index in [-0.39, 0.29) is 18.8 Å². The van der Waals surface area contributed by atoms with Crippen LogP contribution in [0.4, 0.5) is 19.2 Å². The zero-order valence-corrected chi connectivity index (χ0v) is 20.7. The molecule has 0 amide bonds. The van der Waals surface area contributed by atoms with Gasteiger partial charge in [-0.2, -0.15) is 0 Å². The van der Waals surface area contributed by atoms with Crippen molar-refractivity contribution in [1.82, 2.24) is 20.0 Å². The van der Waals surface area contributed by atoms with E-state index in [1.54, 1.807) is 0 Å². The normalized spacial score (nSPS) is 22.0. The Morgan fingerprint density at radius 3 is 2.22 bits per heavy atom. The van der Waals surface area contributed by atoms with Crippen LogP contribution in [0.3, 0.4) is 0 Å². The molecule has 0 spiro atoms. The maximum Gasteiger partial charge on any atom is 0.506 e. The molecule has 18 heteroatoms. The predicted octanol–water partition coefficient (Wildman–Crippen LogP) is 2.00. The lowest BCUT2D eigenvalue weighted by atomic mass is 9.98. The van der Waals surface area contributed by atoms with Crippen molar-refractivity contribution in [3.8, 4) is 0 Å². The summed E-state index contributed by atoms with van der Waals surface area (Å²) < 4.78 is 31.0. The van der Waals surface area contributed by atoms with Gasteiger partial charge in [0.1, 0.15) is 18.4 Å². The Morgan fingerprint density at radius 1 is 0.829 bits per heavy atom. The van der Waals surface area contributed by atoms with Crippen molar-refractivity contribution in [2.45, 2.75) is 43.9 Å². The number of rotatable bonds is 10. The van der Waals surface area contributed by atoms with Crippen LogP contribution in [-0.2, 0) is 41.6 Å². The lowest BCUT2D eigenvalue weighted by Crippen LogP contribution is -2.63. The summed E-state index contributed by atoms with van der Waals surface area (Å²) in [6.45, 7) is -0.993. The van der Waals surface area contributed by atoms with Gasteiger partial charge in [0.05, 0.1) is 30.6 Å². The van der Waals surface area contributed by atoms with Crippen molar-refractivity contribution < 1.29 is 68.0 Å². The molecule has 0 aliphatic carbocycles. The van der Waals surface area contributed by atoms with Crippen LogP contribution in [0.5, 0.6) is 0 Å². The Morgan fingerprint density at radius 2 is 1.51 bits per heavy atom. The van der Waals surface area contributed by atoms with Crippen LogP contribution in [0.1, 0.15) is 11.4 Å². The molecule has 0 saturated carbocycles. The van der Waals surface area contributed by atoms with E-state index >= 15 is 0 Å². The molecule has 41 heavy (non-hydrogen) atoms.